The van der Waals surface area contributed by atoms with Gasteiger partial charge in [-0.2, -0.15) is 0 Å². The van der Waals surface area contributed by atoms with Crippen LogP contribution in [0, 0.1) is 5.92 Å². The summed E-state index contributed by atoms with van der Waals surface area (Å²) >= 11 is 0. The lowest BCUT2D eigenvalue weighted by Gasteiger charge is -2.32. The number of nitrogens with one attached hydrogen (secondary N) is 1. The van der Waals surface area contributed by atoms with Crippen molar-refractivity contribution < 1.29 is 9.53 Å². The first kappa shape index (κ1) is 13.6. The summed E-state index contributed by atoms with van der Waals surface area (Å²) in [5.41, 5.74) is -0.212. The van der Waals surface area contributed by atoms with Gasteiger partial charge in [-0.3, -0.25) is 9.69 Å². The summed E-state index contributed by atoms with van der Waals surface area (Å²) < 4.78 is 5.36. The van der Waals surface area contributed by atoms with Gasteiger partial charge in [0.05, 0.1) is 11.9 Å². The number of aromatic nitrogens is 2. The van der Waals surface area contributed by atoms with Crippen molar-refractivity contribution in [3.8, 4) is 0 Å². The van der Waals surface area contributed by atoms with E-state index in [-0.39, 0.29) is 11.5 Å². The minimum Gasteiger partial charge on any atom is -0.443 e. The molecule has 0 spiro atoms. The molecule has 0 aromatic carbocycles. The number of carbonyl (C=O) groups is 1. The lowest BCUT2D eigenvalue weighted by atomic mass is 9.97. The molecule has 19 heavy (non-hydrogen) atoms. The van der Waals surface area contributed by atoms with Crippen molar-refractivity contribution in [1.82, 2.24) is 9.97 Å². The van der Waals surface area contributed by atoms with Crippen LogP contribution < -0.4 is 10.5 Å². The number of amides is 1. The van der Waals surface area contributed by atoms with Crippen LogP contribution in [0.3, 0.4) is 0 Å². The molecule has 1 aliphatic heterocycles. The van der Waals surface area contributed by atoms with Gasteiger partial charge >= 0.3 is 6.09 Å². The van der Waals surface area contributed by atoms with Crippen LogP contribution in [-0.4, -0.2) is 28.2 Å². The lowest BCUT2D eigenvalue weighted by molar-refractivity contribution is 0.0570. The maximum atomic E-state index is 12.2. The summed E-state index contributed by atoms with van der Waals surface area (Å²) in [6, 6.07) is 0. The maximum absolute atomic E-state index is 12.2. The number of fused-ring (bicyclic) bond motifs is 1. The van der Waals surface area contributed by atoms with E-state index < -0.39 is 11.7 Å². The third kappa shape index (κ3) is 2.94. The Bertz CT molecular complexity index is 545. The number of anilines is 1. The van der Waals surface area contributed by atoms with Gasteiger partial charge in [-0.05, 0) is 33.1 Å². The Labute approximate surface area is 111 Å². The van der Waals surface area contributed by atoms with Crippen molar-refractivity contribution in [3.05, 3.63) is 22.2 Å². The molecule has 1 amide bonds. The smallest absolute Gasteiger partial charge is 0.416 e. The monoisotopic (exact) mass is 265 g/mol. The van der Waals surface area contributed by atoms with Crippen LogP contribution in [0.25, 0.3) is 0 Å². The Morgan fingerprint density at radius 3 is 2.84 bits per heavy atom. The van der Waals surface area contributed by atoms with Crippen molar-refractivity contribution in [1.29, 1.82) is 0 Å². The fraction of sp³-hybridized carbons (Fsp3) is 0.615. The second kappa shape index (κ2) is 4.68. The molecular formula is C13H19N3O3. The fourth-order valence-electron chi connectivity index (χ4n) is 2.12. The van der Waals surface area contributed by atoms with E-state index in [4.69, 9.17) is 4.74 Å². The second-order valence-corrected chi connectivity index (χ2v) is 5.93. The largest absolute Gasteiger partial charge is 0.443 e. The maximum Gasteiger partial charge on any atom is 0.416 e. The first-order valence-electron chi connectivity index (χ1n) is 6.35. The van der Waals surface area contributed by atoms with Crippen molar-refractivity contribution in [2.24, 2.45) is 5.92 Å². The van der Waals surface area contributed by atoms with E-state index in [9.17, 15) is 9.59 Å². The summed E-state index contributed by atoms with van der Waals surface area (Å²) in [5.74, 6) is 0.612. The van der Waals surface area contributed by atoms with Crippen LogP contribution in [0.2, 0.25) is 0 Å². The number of hydrogen-bond donors (Lipinski definition) is 1. The highest BCUT2D eigenvalue weighted by molar-refractivity contribution is 5.88. The number of ether oxygens (including phenoxy) is 1. The van der Waals surface area contributed by atoms with Gasteiger partial charge in [0, 0.05) is 6.54 Å². The number of H-pyrrole nitrogens is 1. The van der Waals surface area contributed by atoms with E-state index in [0.29, 0.717) is 24.3 Å². The molecule has 1 unspecified atom stereocenters. The van der Waals surface area contributed by atoms with E-state index >= 15 is 0 Å². The standard InChI is InChI=1S/C13H19N3O3/c1-8-5-9-10(14-7-15-11(9)17)16(6-8)12(18)19-13(2,3)4/h7-8H,5-6H2,1-4H3,(H,14,15,17). The molecule has 1 atom stereocenters. The highest BCUT2D eigenvalue weighted by Gasteiger charge is 2.32. The summed E-state index contributed by atoms with van der Waals surface area (Å²) in [6.45, 7) is 7.93. The average Bonchev–Trinajstić information content (AvgIpc) is 2.27. The molecule has 0 bridgehead atoms. The molecule has 0 radical (unpaired) electrons. The Kier molecular flexibility index (Phi) is 3.34. The number of hydrogen-bond acceptors (Lipinski definition) is 4. The third-order valence-electron chi connectivity index (χ3n) is 2.84. The molecule has 2 rings (SSSR count). The van der Waals surface area contributed by atoms with Crippen LogP contribution in [-0.2, 0) is 11.2 Å². The molecule has 0 saturated heterocycles. The quantitative estimate of drug-likeness (QED) is 0.774. The van der Waals surface area contributed by atoms with Gasteiger partial charge in [0.1, 0.15) is 11.4 Å². The Balaban J connectivity index is 2.36. The summed E-state index contributed by atoms with van der Waals surface area (Å²) in [4.78, 5) is 32.1. The lowest BCUT2D eigenvalue weighted by Crippen LogP contribution is -2.44. The van der Waals surface area contributed by atoms with Crippen LogP contribution in [0.1, 0.15) is 33.3 Å². The number of rotatable bonds is 0. The van der Waals surface area contributed by atoms with Crippen LogP contribution in [0.4, 0.5) is 10.6 Å². The minimum atomic E-state index is -0.570. The molecule has 6 heteroatoms. The zero-order valence-corrected chi connectivity index (χ0v) is 11.7. The molecule has 1 aromatic rings. The molecule has 2 heterocycles. The molecule has 0 fully saturated rings. The SMILES string of the molecule is CC1Cc2c(nc[nH]c2=O)N(C(=O)OC(C)(C)C)C1. The average molecular weight is 265 g/mol. The highest BCUT2D eigenvalue weighted by Crippen LogP contribution is 2.26. The molecule has 104 valence electrons. The van der Waals surface area contributed by atoms with Gasteiger partial charge in [0.2, 0.25) is 0 Å². The predicted octanol–water partition coefficient (Wildman–Crippen LogP) is 1.70. The molecule has 1 aliphatic rings. The van der Waals surface area contributed by atoms with E-state index in [0.717, 1.165) is 0 Å². The molecule has 1 aromatic heterocycles. The first-order valence-corrected chi connectivity index (χ1v) is 6.35. The van der Waals surface area contributed by atoms with Gasteiger partial charge in [0.25, 0.3) is 5.56 Å². The van der Waals surface area contributed by atoms with Crippen molar-refractivity contribution in [2.75, 3.05) is 11.4 Å². The van der Waals surface area contributed by atoms with Crippen molar-refractivity contribution >= 4 is 11.9 Å². The number of nitrogens with zero attached hydrogens (tertiary/aromatic N) is 2. The van der Waals surface area contributed by atoms with E-state index in [1.54, 1.807) is 0 Å². The van der Waals surface area contributed by atoms with Crippen LogP contribution in [0.15, 0.2) is 11.1 Å². The molecule has 0 saturated carbocycles. The molecule has 6 nitrogen and oxygen atoms in total. The van der Waals surface area contributed by atoms with E-state index in [2.05, 4.69) is 9.97 Å². The fourth-order valence-corrected chi connectivity index (χ4v) is 2.12. The summed E-state index contributed by atoms with van der Waals surface area (Å²) in [6.07, 6.45) is 1.48. The zero-order chi connectivity index (χ0) is 14.2. The van der Waals surface area contributed by atoms with Gasteiger partial charge in [-0.1, -0.05) is 6.92 Å². The van der Waals surface area contributed by atoms with E-state index in [1.165, 1.54) is 11.2 Å². The Morgan fingerprint density at radius 1 is 1.53 bits per heavy atom. The Morgan fingerprint density at radius 2 is 2.21 bits per heavy atom. The number of aromatic amines is 1. The van der Waals surface area contributed by atoms with Crippen LogP contribution >= 0.6 is 0 Å². The summed E-state index contributed by atoms with van der Waals surface area (Å²) in [5, 5.41) is 0. The Hall–Kier alpha value is -1.85. The topological polar surface area (TPSA) is 75.3 Å². The van der Waals surface area contributed by atoms with Gasteiger partial charge in [0.15, 0.2) is 0 Å². The predicted molar refractivity (Wildman–Crippen MR) is 71.3 cm³/mol. The van der Waals surface area contributed by atoms with Gasteiger partial charge in [-0.15, -0.1) is 0 Å². The first-order chi connectivity index (χ1) is 8.78. The molecule has 0 aliphatic carbocycles. The third-order valence-corrected chi connectivity index (χ3v) is 2.84. The zero-order valence-electron chi connectivity index (χ0n) is 11.7. The summed E-state index contributed by atoms with van der Waals surface area (Å²) in [7, 11) is 0. The second-order valence-electron chi connectivity index (χ2n) is 5.93. The van der Waals surface area contributed by atoms with E-state index in [1.807, 2.05) is 27.7 Å². The number of carbonyl (C=O) groups excluding carboxylic acids is 1. The van der Waals surface area contributed by atoms with Crippen molar-refractivity contribution in [3.63, 3.8) is 0 Å². The minimum absolute atomic E-state index is 0.190. The molecule has 1 N–H and O–H groups in total. The molecular weight excluding hydrogens is 246 g/mol. The normalized spacial score (nSPS) is 18.9. The van der Waals surface area contributed by atoms with Gasteiger partial charge in [-0.25, -0.2) is 9.78 Å². The highest BCUT2D eigenvalue weighted by atomic mass is 16.6. The van der Waals surface area contributed by atoms with Crippen molar-refractivity contribution in [2.45, 2.75) is 39.7 Å². The van der Waals surface area contributed by atoms with Crippen LogP contribution in [0.5, 0.6) is 0 Å². The van der Waals surface area contributed by atoms with Gasteiger partial charge < -0.3 is 9.72 Å².